The van der Waals surface area contributed by atoms with Crippen molar-refractivity contribution in [3.8, 4) is 5.82 Å². The molecular formula is C9H7N3O3. The molecule has 2 N–H and O–H groups in total. The topological polar surface area (TPSA) is 88.0 Å². The fraction of sp³-hybridized carbons (Fsp3) is 0. The third kappa shape index (κ3) is 1.64. The fourth-order valence-corrected chi connectivity index (χ4v) is 1.16. The van der Waals surface area contributed by atoms with Crippen molar-refractivity contribution in [2.24, 2.45) is 0 Å². The Morgan fingerprint density at radius 2 is 2.27 bits per heavy atom. The second-order valence-electron chi connectivity index (χ2n) is 2.84. The fourth-order valence-electron chi connectivity index (χ4n) is 1.16. The molecule has 2 aromatic rings. The first-order chi connectivity index (χ1) is 7.18. The summed E-state index contributed by atoms with van der Waals surface area (Å²) in [6.07, 6.45) is 1.52. The maximum absolute atomic E-state index is 11.4. The van der Waals surface area contributed by atoms with Gasteiger partial charge in [-0.05, 0) is 12.1 Å². The smallest absolute Gasteiger partial charge is 0.353 e. The lowest BCUT2D eigenvalue weighted by Crippen LogP contribution is -2.14. The van der Waals surface area contributed by atoms with Crippen molar-refractivity contribution in [1.82, 2.24) is 14.8 Å². The minimum Gasteiger partial charge on any atom is -0.477 e. The first-order valence-corrected chi connectivity index (χ1v) is 4.15. The minimum atomic E-state index is -1.18. The summed E-state index contributed by atoms with van der Waals surface area (Å²) in [5.41, 5.74) is -0.614. The molecule has 0 amide bonds. The van der Waals surface area contributed by atoms with Gasteiger partial charge in [-0.2, -0.15) is 0 Å². The van der Waals surface area contributed by atoms with E-state index < -0.39 is 11.5 Å². The summed E-state index contributed by atoms with van der Waals surface area (Å²) in [5, 5.41) is 11.1. The van der Waals surface area contributed by atoms with Gasteiger partial charge in [-0.15, -0.1) is 0 Å². The van der Waals surface area contributed by atoms with Crippen LogP contribution in [0.1, 0.15) is 10.5 Å². The first-order valence-electron chi connectivity index (χ1n) is 4.15. The third-order valence-corrected chi connectivity index (χ3v) is 1.83. The lowest BCUT2D eigenvalue weighted by Gasteiger charge is -1.98. The van der Waals surface area contributed by atoms with Crippen LogP contribution in [0.25, 0.3) is 5.82 Å². The van der Waals surface area contributed by atoms with Crippen LogP contribution in [-0.2, 0) is 0 Å². The molecule has 0 aromatic carbocycles. The van der Waals surface area contributed by atoms with Gasteiger partial charge >= 0.3 is 5.97 Å². The molecule has 2 rings (SSSR count). The van der Waals surface area contributed by atoms with Gasteiger partial charge in [0.15, 0.2) is 5.82 Å². The molecule has 15 heavy (non-hydrogen) atoms. The largest absolute Gasteiger partial charge is 0.477 e. The van der Waals surface area contributed by atoms with Gasteiger partial charge in [0.05, 0.1) is 0 Å². The van der Waals surface area contributed by atoms with Crippen LogP contribution in [-0.4, -0.2) is 25.8 Å². The molecule has 0 aliphatic rings. The van der Waals surface area contributed by atoms with Crippen molar-refractivity contribution < 1.29 is 9.90 Å². The summed E-state index contributed by atoms with van der Waals surface area (Å²) in [6, 6.07) is 6.02. The first kappa shape index (κ1) is 9.20. The average Bonchev–Trinajstić information content (AvgIpc) is 2.62. The van der Waals surface area contributed by atoms with Gasteiger partial charge < -0.3 is 5.11 Å². The zero-order valence-electron chi connectivity index (χ0n) is 7.54. The molecule has 0 fully saturated rings. The highest BCUT2D eigenvalue weighted by atomic mass is 16.4. The second-order valence-corrected chi connectivity index (χ2v) is 2.84. The standard InChI is InChI=1S/C9H7N3O3/c13-8-5-6(9(14)15)11-12(8)7-3-1-2-4-10-7/h1-5,11H,(H,14,15). The Balaban J connectivity index is 2.55. The molecular weight excluding hydrogens is 198 g/mol. The molecule has 0 radical (unpaired) electrons. The van der Waals surface area contributed by atoms with E-state index in [2.05, 4.69) is 10.1 Å². The monoisotopic (exact) mass is 205 g/mol. The van der Waals surface area contributed by atoms with Crippen molar-refractivity contribution >= 4 is 5.97 Å². The van der Waals surface area contributed by atoms with Gasteiger partial charge in [-0.25, -0.2) is 14.5 Å². The molecule has 6 heteroatoms. The second kappa shape index (κ2) is 3.41. The molecule has 2 heterocycles. The Hall–Kier alpha value is -2.37. The average molecular weight is 205 g/mol. The van der Waals surface area contributed by atoms with Crippen LogP contribution >= 0.6 is 0 Å². The molecule has 0 saturated heterocycles. The van der Waals surface area contributed by atoms with Crippen LogP contribution in [0.15, 0.2) is 35.3 Å². The Morgan fingerprint density at radius 1 is 1.47 bits per heavy atom. The van der Waals surface area contributed by atoms with Crippen molar-refractivity contribution in [3.63, 3.8) is 0 Å². The molecule has 0 unspecified atom stereocenters. The number of carboxylic acid groups (broad SMARTS) is 1. The van der Waals surface area contributed by atoms with Crippen LogP contribution in [0, 0.1) is 0 Å². The Bertz CT molecular complexity index is 541. The van der Waals surface area contributed by atoms with Crippen molar-refractivity contribution in [2.75, 3.05) is 0 Å². The normalized spacial score (nSPS) is 10.1. The quantitative estimate of drug-likeness (QED) is 0.736. The predicted molar refractivity (Wildman–Crippen MR) is 51.1 cm³/mol. The summed E-state index contributed by atoms with van der Waals surface area (Å²) in [4.78, 5) is 25.9. The molecule has 0 bridgehead atoms. The number of carboxylic acids is 1. The van der Waals surface area contributed by atoms with E-state index in [9.17, 15) is 9.59 Å². The van der Waals surface area contributed by atoms with Crippen LogP contribution in [0.2, 0.25) is 0 Å². The van der Waals surface area contributed by atoms with Gasteiger partial charge in [0.2, 0.25) is 0 Å². The predicted octanol–water partition coefficient (Wildman–Crippen LogP) is 0.259. The molecule has 0 aliphatic heterocycles. The van der Waals surface area contributed by atoms with Gasteiger partial charge in [0, 0.05) is 12.3 Å². The van der Waals surface area contributed by atoms with Crippen LogP contribution in [0.3, 0.4) is 0 Å². The Kier molecular flexibility index (Phi) is 2.09. The molecule has 2 aromatic heterocycles. The highest BCUT2D eigenvalue weighted by Crippen LogP contribution is 1.99. The molecule has 0 atom stereocenters. The van der Waals surface area contributed by atoms with Gasteiger partial charge in [0.25, 0.3) is 5.56 Å². The highest BCUT2D eigenvalue weighted by molar-refractivity contribution is 5.85. The van der Waals surface area contributed by atoms with E-state index in [4.69, 9.17) is 5.11 Å². The number of nitrogens with one attached hydrogen (secondary N) is 1. The summed E-state index contributed by atoms with van der Waals surface area (Å²) in [6.45, 7) is 0. The van der Waals surface area contributed by atoms with E-state index in [-0.39, 0.29) is 5.69 Å². The number of carbonyl (C=O) groups is 1. The molecule has 0 spiro atoms. The number of rotatable bonds is 2. The molecule has 0 saturated carbocycles. The van der Waals surface area contributed by atoms with Crippen LogP contribution < -0.4 is 5.56 Å². The van der Waals surface area contributed by atoms with Crippen molar-refractivity contribution in [2.45, 2.75) is 0 Å². The number of nitrogens with zero attached hydrogens (tertiary/aromatic N) is 2. The van der Waals surface area contributed by atoms with Crippen molar-refractivity contribution in [3.05, 3.63) is 46.5 Å². The summed E-state index contributed by atoms with van der Waals surface area (Å²) < 4.78 is 1.07. The minimum absolute atomic E-state index is 0.161. The van der Waals surface area contributed by atoms with Crippen molar-refractivity contribution in [1.29, 1.82) is 0 Å². The third-order valence-electron chi connectivity index (χ3n) is 1.83. The van der Waals surface area contributed by atoms with E-state index >= 15 is 0 Å². The molecule has 6 nitrogen and oxygen atoms in total. The summed E-state index contributed by atoms with van der Waals surface area (Å²) in [5.74, 6) is -0.822. The Labute approximate surface area is 83.8 Å². The van der Waals surface area contributed by atoms with Crippen LogP contribution in [0.4, 0.5) is 0 Å². The van der Waals surface area contributed by atoms with E-state index in [0.717, 1.165) is 10.7 Å². The van der Waals surface area contributed by atoms with E-state index in [0.29, 0.717) is 5.82 Å². The van der Waals surface area contributed by atoms with Crippen LogP contribution in [0.5, 0.6) is 0 Å². The zero-order valence-corrected chi connectivity index (χ0v) is 7.54. The number of hydrogen-bond donors (Lipinski definition) is 2. The molecule has 0 aliphatic carbocycles. The van der Waals surface area contributed by atoms with E-state index in [1.54, 1.807) is 18.2 Å². The number of aromatic nitrogens is 3. The lowest BCUT2D eigenvalue weighted by atomic mass is 10.4. The summed E-state index contributed by atoms with van der Waals surface area (Å²) in [7, 11) is 0. The van der Waals surface area contributed by atoms with E-state index in [1.165, 1.54) is 6.20 Å². The van der Waals surface area contributed by atoms with Gasteiger partial charge in [-0.3, -0.25) is 9.89 Å². The van der Waals surface area contributed by atoms with E-state index in [1.807, 2.05) is 0 Å². The number of aromatic amines is 1. The number of hydrogen-bond acceptors (Lipinski definition) is 3. The Morgan fingerprint density at radius 3 is 2.80 bits per heavy atom. The highest BCUT2D eigenvalue weighted by Gasteiger charge is 2.10. The SMILES string of the molecule is O=C(O)c1cc(=O)n(-c2ccccn2)[nH]1. The number of pyridine rings is 1. The molecule has 76 valence electrons. The number of aromatic carboxylic acids is 1. The number of H-pyrrole nitrogens is 1. The zero-order chi connectivity index (χ0) is 10.8. The van der Waals surface area contributed by atoms with Gasteiger partial charge in [-0.1, -0.05) is 6.07 Å². The maximum Gasteiger partial charge on any atom is 0.353 e. The van der Waals surface area contributed by atoms with Gasteiger partial charge in [0.1, 0.15) is 5.69 Å². The lowest BCUT2D eigenvalue weighted by molar-refractivity contribution is 0.0690. The maximum atomic E-state index is 11.4. The summed E-state index contributed by atoms with van der Waals surface area (Å²) >= 11 is 0.